The minimum Gasteiger partial charge on any atom is -0.495 e. The quantitative estimate of drug-likeness (QED) is 0.423. The predicted octanol–water partition coefficient (Wildman–Crippen LogP) is 5.19. The molecule has 0 fully saturated rings. The first-order valence-corrected chi connectivity index (χ1v) is 9.91. The molecule has 3 N–H and O–H groups in total. The fourth-order valence-electron chi connectivity index (χ4n) is 3.34. The smallest absolute Gasteiger partial charge is 0.319 e. The van der Waals surface area contributed by atoms with Gasteiger partial charge in [0, 0.05) is 34.4 Å². The summed E-state index contributed by atoms with van der Waals surface area (Å²) in [6, 6.07) is 19.5. The second-order valence-corrected chi connectivity index (χ2v) is 7.37. The molecule has 142 valence electrons. The molecule has 2 amide bonds. The van der Waals surface area contributed by atoms with E-state index in [0.29, 0.717) is 18.0 Å². The van der Waals surface area contributed by atoms with Gasteiger partial charge in [-0.1, -0.05) is 36.4 Å². The first kappa shape index (κ1) is 18.1. The van der Waals surface area contributed by atoms with Crippen LogP contribution in [0.5, 0.6) is 5.75 Å². The summed E-state index contributed by atoms with van der Waals surface area (Å²) >= 11 is 1.69. The van der Waals surface area contributed by atoms with Gasteiger partial charge in [0.05, 0.1) is 12.8 Å². The lowest BCUT2D eigenvalue weighted by molar-refractivity contribution is 0.251. The molecule has 0 aliphatic heterocycles. The van der Waals surface area contributed by atoms with E-state index in [1.165, 1.54) is 15.8 Å². The number of urea groups is 1. The number of hydrogen-bond donors (Lipinski definition) is 3. The lowest BCUT2D eigenvalue weighted by Gasteiger charge is -2.17. The normalized spacial score (nSPS) is 11.9. The molecule has 0 aliphatic carbocycles. The SMILES string of the molecule is COc1ccccc1NC(=O)NCC(c1cccs1)c1c[nH]c2ccccc12. The van der Waals surface area contributed by atoms with Crippen molar-refractivity contribution in [3.63, 3.8) is 0 Å². The molecule has 0 spiro atoms. The molecule has 0 bridgehead atoms. The summed E-state index contributed by atoms with van der Waals surface area (Å²) in [6.45, 7) is 0.489. The van der Waals surface area contributed by atoms with Gasteiger partial charge in [0.2, 0.25) is 0 Å². The molecule has 4 aromatic rings. The van der Waals surface area contributed by atoms with E-state index in [2.05, 4.69) is 39.2 Å². The van der Waals surface area contributed by atoms with Gasteiger partial charge in [-0.3, -0.25) is 0 Å². The van der Waals surface area contributed by atoms with Crippen molar-refractivity contribution in [3.8, 4) is 5.75 Å². The standard InChI is InChI=1S/C22H21N3O2S/c1-27-20-10-5-4-9-19(20)25-22(26)24-14-17(21-11-6-12-28-21)16-13-23-18-8-3-2-7-15(16)18/h2-13,17,23H,14H2,1H3,(H2,24,25,26). The number of nitrogens with one attached hydrogen (secondary N) is 3. The molecule has 0 radical (unpaired) electrons. The van der Waals surface area contributed by atoms with Crippen molar-refractivity contribution in [2.75, 3.05) is 19.0 Å². The highest BCUT2D eigenvalue weighted by Crippen LogP contribution is 2.33. The Morgan fingerprint density at radius 3 is 2.75 bits per heavy atom. The predicted molar refractivity (Wildman–Crippen MR) is 114 cm³/mol. The summed E-state index contributed by atoms with van der Waals surface area (Å²) in [5, 5.41) is 9.11. The van der Waals surface area contributed by atoms with Crippen LogP contribution in [0.1, 0.15) is 16.4 Å². The van der Waals surface area contributed by atoms with Gasteiger partial charge in [-0.05, 0) is 35.2 Å². The average Bonchev–Trinajstić information content (AvgIpc) is 3.39. The number of para-hydroxylation sites is 3. The van der Waals surface area contributed by atoms with Crippen molar-refractivity contribution in [3.05, 3.63) is 82.7 Å². The molecule has 4 rings (SSSR count). The number of anilines is 1. The van der Waals surface area contributed by atoms with Crippen LogP contribution in [0.2, 0.25) is 0 Å². The number of aromatic nitrogens is 1. The maximum absolute atomic E-state index is 12.5. The van der Waals surface area contributed by atoms with E-state index in [1.54, 1.807) is 18.4 Å². The van der Waals surface area contributed by atoms with Crippen LogP contribution in [0, 0.1) is 0 Å². The Kier molecular flexibility index (Phi) is 5.30. The summed E-state index contributed by atoms with van der Waals surface area (Å²) in [4.78, 5) is 17.0. The maximum Gasteiger partial charge on any atom is 0.319 e. The number of rotatable bonds is 6. The number of methoxy groups -OCH3 is 1. The fraction of sp³-hybridized carbons (Fsp3) is 0.136. The van der Waals surface area contributed by atoms with E-state index in [4.69, 9.17) is 4.74 Å². The minimum atomic E-state index is -0.258. The van der Waals surface area contributed by atoms with Gasteiger partial charge in [0.25, 0.3) is 0 Å². The molecule has 0 saturated carbocycles. The summed E-state index contributed by atoms with van der Waals surface area (Å²) in [5.74, 6) is 0.698. The van der Waals surface area contributed by atoms with Gasteiger partial charge in [0.1, 0.15) is 5.75 Å². The Morgan fingerprint density at radius 2 is 1.93 bits per heavy atom. The lowest BCUT2D eigenvalue weighted by Crippen LogP contribution is -2.32. The Balaban J connectivity index is 1.53. The Labute approximate surface area is 167 Å². The second-order valence-electron chi connectivity index (χ2n) is 6.39. The highest BCUT2D eigenvalue weighted by Gasteiger charge is 2.20. The van der Waals surface area contributed by atoms with Gasteiger partial charge < -0.3 is 20.4 Å². The van der Waals surface area contributed by atoms with Crippen molar-refractivity contribution >= 4 is 34.0 Å². The molecule has 2 aromatic heterocycles. The number of thiophene rings is 1. The van der Waals surface area contributed by atoms with Crippen LogP contribution < -0.4 is 15.4 Å². The lowest BCUT2D eigenvalue weighted by atomic mass is 9.97. The Morgan fingerprint density at radius 1 is 1.11 bits per heavy atom. The van der Waals surface area contributed by atoms with Crippen LogP contribution in [0.3, 0.4) is 0 Å². The van der Waals surface area contributed by atoms with Crippen LogP contribution >= 0.6 is 11.3 Å². The third-order valence-corrected chi connectivity index (χ3v) is 5.69. The Bertz CT molecular complexity index is 1070. The zero-order valence-corrected chi connectivity index (χ0v) is 16.3. The van der Waals surface area contributed by atoms with Crippen molar-refractivity contribution in [2.45, 2.75) is 5.92 Å². The minimum absolute atomic E-state index is 0.0690. The largest absolute Gasteiger partial charge is 0.495 e. The topological polar surface area (TPSA) is 66.2 Å². The first-order chi connectivity index (χ1) is 13.8. The summed E-state index contributed by atoms with van der Waals surface area (Å²) in [7, 11) is 1.59. The molecule has 1 unspecified atom stereocenters. The molecular weight excluding hydrogens is 370 g/mol. The van der Waals surface area contributed by atoms with Gasteiger partial charge in [-0.2, -0.15) is 0 Å². The van der Waals surface area contributed by atoms with E-state index in [-0.39, 0.29) is 11.9 Å². The van der Waals surface area contributed by atoms with Crippen LogP contribution in [0.4, 0.5) is 10.5 Å². The second kappa shape index (κ2) is 8.19. The molecule has 6 heteroatoms. The van der Waals surface area contributed by atoms with Crippen LogP contribution in [-0.2, 0) is 0 Å². The molecule has 2 heterocycles. The molecule has 0 saturated heterocycles. The summed E-state index contributed by atoms with van der Waals surface area (Å²) < 4.78 is 5.29. The van der Waals surface area contributed by atoms with E-state index < -0.39 is 0 Å². The van der Waals surface area contributed by atoms with Crippen LogP contribution in [0.15, 0.2) is 72.2 Å². The van der Waals surface area contributed by atoms with E-state index >= 15 is 0 Å². The van der Waals surface area contributed by atoms with Gasteiger partial charge in [-0.25, -0.2) is 4.79 Å². The Hall–Kier alpha value is -3.25. The maximum atomic E-state index is 12.5. The van der Waals surface area contributed by atoms with E-state index in [9.17, 15) is 4.79 Å². The number of benzene rings is 2. The highest BCUT2D eigenvalue weighted by molar-refractivity contribution is 7.10. The van der Waals surface area contributed by atoms with Gasteiger partial charge in [0.15, 0.2) is 0 Å². The average molecular weight is 391 g/mol. The molecule has 0 aliphatic rings. The number of carbonyl (C=O) groups excluding carboxylic acids is 1. The van der Waals surface area contributed by atoms with Crippen molar-refractivity contribution < 1.29 is 9.53 Å². The summed E-state index contributed by atoms with van der Waals surface area (Å²) in [5.41, 5.74) is 2.91. The third-order valence-electron chi connectivity index (χ3n) is 4.71. The molecular formula is C22H21N3O2S. The first-order valence-electron chi connectivity index (χ1n) is 9.03. The fourth-order valence-corrected chi connectivity index (χ4v) is 4.19. The van der Waals surface area contributed by atoms with Crippen LogP contribution in [-0.4, -0.2) is 24.7 Å². The number of amides is 2. The zero-order chi connectivity index (χ0) is 19.3. The zero-order valence-electron chi connectivity index (χ0n) is 15.4. The molecule has 5 nitrogen and oxygen atoms in total. The van der Waals surface area contributed by atoms with Crippen molar-refractivity contribution in [1.82, 2.24) is 10.3 Å². The number of hydrogen-bond acceptors (Lipinski definition) is 3. The highest BCUT2D eigenvalue weighted by atomic mass is 32.1. The van der Waals surface area contributed by atoms with Crippen LogP contribution in [0.25, 0.3) is 10.9 Å². The van der Waals surface area contributed by atoms with Crippen molar-refractivity contribution in [1.29, 1.82) is 0 Å². The number of H-pyrrole nitrogens is 1. The third kappa shape index (κ3) is 3.73. The van der Waals surface area contributed by atoms with Gasteiger partial charge >= 0.3 is 6.03 Å². The molecule has 28 heavy (non-hydrogen) atoms. The number of ether oxygens (including phenoxy) is 1. The van der Waals surface area contributed by atoms with E-state index in [1.807, 2.05) is 48.7 Å². The molecule has 2 aromatic carbocycles. The van der Waals surface area contributed by atoms with Crippen molar-refractivity contribution in [2.24, 2.45) is 0 Å². The van der Waals surface area contributed by atoms with Gasteiger partial charge in [-0.15, -0.1) is 11.3 Å². The van der Waals surface area contributed by atoms with E-state index in [0.717, 1.165) is 5.52 Å². The number of aromatic amines is 1. The summed E-state index contributed by atoms with van der Waals surface area (Å²) in [6.07, 6.45) is 2.04. The monoisotopic (exact) mass is 391 g/mol. The number of carbonyl (C=O) groups is 1. The number of fused-ring (bicyclic) bond motifs is 1. The molecule has 1 atom stereocenters.